The molecule has 0 aliphatic rings. The van der Waals surface area contributed by atoms with Crippen molar-refractivity contribution in [1.29, 1.82) is 0 Å². The van der Waals surface area contributed by atoms with Crippen molar-refractivity contribution in [2.75, 3.05) is 11.5 Å². The summed E-state index contributed by atoms with van der Waals surface area (Å²) in [6.45, 7) is 3.62. The van der Waals surface area contributed by atoms with Crippen molar-refractivity contribution in [3.63, 3.8) is 0 Å². The molecule has 0 aliphatic carbocycles. The Balaban J connectivity index is 3.17. The molecule has 0 bridgehead atoms. The van der Waals surface area contributed by atoms with Crippen LogP contribution in [-0.4, -0.2) is 4.98 Å². The average Bonchev–Trinajstić information content (AvgIpc) is 1.80. The average molecular weight is 122 g/mol. The molecule has 4 N–H and O–H groups in total. The van der Waals surface area contributed by atoms with Crippen LogP contribution in [0.25, 0.3) is 0 Å². The molecule has 1 rings (SSSR count). The fourth-order valence-electron chi connectivity index (χ4n) is 0.538. The van der Waals surface area contributed by atoms with Gasteiger partial charge in [-0.3, -0.25) is 0 Å². The maximum atomic E-state index is 5.39. The highest BCUT2D eigenvalue weighted by molar-refractivity contribution is 5.58. The summed E-state index contributed by atoms with van der Waals surface area (Å²) < 4.78 is 0. The van der Waals surface area contributed by atoms with Gasteiger partial charge in [0.15, 0.2) is 0 Å². The van der Waals surface area contributed by atoms with Crippen molar-refractivity contribution >= 4 is 11.5 Å². The van der Waals surface area contributed by atoms with Gasteiger partial charge in [0.05, 0.1) is 5.69 Å². The SMILES string of the molecule is [CH2]c1cnc(N)c(N)c1. The number of hydrogen-bond donors (Lipinski definition) is 2. The second-order valence-electron chi connectivity index (χ2n) is 1.82. The number of pyridine rings is 1. The summed E-state index contributed by atoms with van der Waals surface area (Å²) in [5, 5.41) is 0. The fraction of sp³-hybridized carbons (Fsp3) is 0. The van der Waals surface area contributed by atoms with E-state index in [9.17, 15) is 0 Å². The third kappa shape index (κ3) is 1.10. The van der Waals surface area contributed by atoms with Gasteiger partial charge < -0.3 is 11.5 Å². The van der Waals surface area contributed by atoms with E-state index >= 15 is 0 Å². The van der Waals surface area contributed by atoms with E-state index in [-0.39, 0.29) is 0 Å². The Kier molecular flexibility index (Phi) is 1.26. The van der Waals surface area contributed by atoms with Crippen LogP contribution in [0.1, 0.15) is 5.56 Å². The van der Waals surface area contributed by atoms with Gasteiger partial charge in [0.2, 0.25) is 0 Å². The number of rotatable bonds is 0. The number of hydrogen-bond acceptors (Lipinski definition) is 3. The minimum Gasteiger partial charge on any atom is -0.396 e. The van der Waals surface area contributed by atoms with Crippen LogP contribution in [0.2, 0.25) is 0 Å². The minimum absolute atomic E-state index is 0.363. The summed E-state index contributed by atoms with van der Waals surface area (Å²) in [5.74, 6) is 0.363. The van der Waals surface area contributed by atoms with Gasteiger partial charge in [0.1, 0.15) is 5.82 Å². The summed E-state index contributed by atoms with van der Waals surface area (Å²) in [7, 11) is 0. The van der Waals surface area contributed by atoms with Crippen LogP contribution >= 0.6 is 0 Å². The third-order valence-corrected chi connectivity index (χ3v) is 1.01. The van der Waals surface area contributed by atoms with Gasteiger partial charge in [-0.15, -0.1) is 0 Å². The minimum atomic E-state index is 0.363. The molecule has 9 heavy (non-hydrogen) atoms. The summed E-state index contributed by atoms with van der Waals surface area (Å²) in [4.78, 5) is 3.77. The van der Waals surface area contributed by atoms with E-state index in [0.717, 1.165) is 5.56 Å². The second-order valence-corrected chi connectivity index (χ2v) is 1.82. The van der Waals surface area contributed by atoms with Crippen molar-refractivity contribution in [2.45, 2.75) is 0 Å². The first-order valence-corrected chi connectivity index (χ1v) is 2.53. The highest BCUT2D eigenvalue weighted by Crippen LogP contribution is 2.10. The Bertz CT molecular complexity index is 220. The molecule has 0 unspecified atom stereocenters. The Hall–Kier alpha value is -1.25. The summed E-state index contributed by atoms with van der Waals surface area (Å²) >= 11 is 0. The fourth-order valence-corrected chi connectivity index (χ4v) is 0.538. The molecule has 0 saturated carbocycles. The van der Waals surface area contributed by atoms with Crippen LogP contribution in [0, 0.1) is 6.92 Å². The topological polar surface area (TPSA) is 64.9 Å². The molecule has 47 valence electrons. The van der Waals surface area contributed by atoms with Crippen molar-refractivity contribution in [1.82, 2.24) is 4.98 Å². The smallest absolute Gasteiger partial charge is 0.146 e. The maximum absolute atomic E-state index is 5.39. The van der Waals surface area contributed by atoms with Crippen LogP contribution in [0.15, 0.2) is 12.3 Å². The van der Waals surface area contributed by atoms with Crippen molar-refractivity contribution in [3.8, 4) is 0 Å². The molecular weight excluding hydrogens is 114 g/mol. The molecule has 1 radical (unpaired) electrons. The highest BCUT2D eigenvalue weighted by Gasteiger charge is 1.92. The predicted molar refractivity (Wildman–Crippen MR) is 37.5 cm³/mol. The molecule has 3 nitrogen and oxygen atoms in total. The molecule has 3 heteroatoms. The van der Waals surface area contributed by atoms with E-state index in [0.29, 0.717) is 11.5 Å². The molecule has 0 saturated heterocycles. The zero-order chi connectivity index (χ0) is 6.85. The molecule has 0 aliphatic heterocycles. The Labute approximate surface area is 53.7 Å². The Morgan fingerprint density at radius 1 is 1.44 bits per heavy atom. The van der Waals surface area contributed by atoms with E-state index in [4.69, 9.17) is 11.5 Å². The van der Waals surface area contributed by atoms with E-state index in [2.05, 4.69) is 11.9 Å². The molecule has 1 aromatic heterocycles. The van der Waals surface area contributed by atoms with Gasteiger partial charge in [0, 0.05) is 6.20 Å². The van der Waals surface area contributed by atoms with Gasteiger partial charge in [-0.2, -0.15) is 0 Å². The summed E-state index contributed by atoms with van der Waals surface area (Å²) in [6.07, 6.45) is 1.58. The lowest BCUT2D eigenvalue weighted by Gasteiger charge is -1.97. The van der Waals surface area contributed by atoms with E-state index in [1.165, 1.54) is 0 Å². The molecule has 1 aromatic rings. The lowest BCUT2D eigenvalue weighted by molar-refractivity contribution is 1.32. The van der Waals surface area contributed by atoms with Crippen LogP contribution in [-0.2, 0) is 0 Å². The van der Waals surface area contributed by atoms with Crippen LogP contribution in [0.3, 0.4) is 0 Å². The number of nitrogens with two attached hydrogens (primary N) is 2. The molecule has 0 spiro atoms. The third-order valence-electron chi connectivity index (χ3n) is 1.01. The standard InChI is InChI=1S/C6H8N3/c1-4-2-5(7)6(8)9-3-4/h2-3H,1,7H2,(H2,8,9). The largest absolute Gasteiger partial charge is 0.396 e. The second kappa shape index (κ2) is 1.93. The molecule has 0 fully saturated rings. The van der Waals surface area contributed by atoms with Crippen LogP contribution in [0.4, 0.5) is 11.5 Å². The predicted octanol–water partition coefficient (Wildman–Crippen LogP) is 0.428. The summed E-state index contributed by atoms with van der Waals surface area (Å²) in [5.41, 5.74) is 12.0. The van der Waals surface area contributed by atoms with Gasteiger partial charge >= 0.3 is 0 Å². The first kappa shape index (κ1) is 5.88. The highest BCUT2D eigenvalue weighted by atomic mass is 14.9. The molecule has 1 heterocycles. The molecule has 0 atom stereocenters. The van der Waals surface area contributed by atoms with Gasteiger partial charge in [-0.25, -0.2) is 4.98 Å². The lowest BCUT2D eigenvalue weighted by atomic mass is 10.3. The van der Waals surface area contributed by atoms with E-state index < -0.39 is 0 Å². The first-order chi connectivity index (χ1) is 4.20. The summed E-state index contributed by atoms with van der Waals surface area (Å²) in [6, 6.07) is 1.68. The van der Waals surface area contributed by atoms with Gasteiger partial charge in [0.25, 0.3) is 0 Å². The monoisotopic (exact) mass is 122 g/mol. The van der Waals surface area contributed by atoms with Crippen LogP contribution in [0.5, 0.6) is 0 Å². The van der Waals surface area contributed by atoms with E-state index in [1.807, 2.05) is 0 Å². The Morgan fingerprint density at radius 3 is 2.56 bits per heavy atom. The zero-order valence-electron chi connectivity index (χ0n) is 4.96. The number of nitrogens with zero attached hydrogens (tertiary/aromatic N) is 1. The van der Waals surface area contributed by atoms with Crippen molar-refractivity contribution < 1.29 is 0 Å². The van der Waals surface area contributed by atoms with E-state index in [1.54, 1.807) is 12.3 Å². The van der Waals surface area contributed by atoms with Crippen molar-refractivity contribution in [3.05, 3.63) is 24.8 Å². The first-order valence-electron chi connectivity index (χ1n) is 2.53. The normalized spacial score (nSPS) is 9.44. The van der Waals surface area contributed by atoms with Crippen LogP contribution < -0.4 is 11.5 Å². The number of aromatic nitrogens is 1. The van der Waals surface area contributed by atoms with Gasteiger partial charge in [-0.05, 0) is 18.6 Å². The quantitative estimate of drug-likeness (QED) is 0.524. The van der Waals surface area contributed by atoms with Crippen molar-refractivity contribution in [2.24, 2.45) is 0 Å². The lowest BCUT2D eigenvalue weighted by Crippen LogP contribution is -1.97. The maximum Gasteiger partial charge on any atom is 0.146 e. The van der Waals surface area contributed by atoms with Gasteiger partial charge in [-0.1, -0.05) is 0 Å². The number of nitrogen functional groups attached to an aromatic ring is 2. The number of anilines is 2. The molecular formula is C6H8N3. The zero-order valence-corrected chi connectivity index (χ0v) is 4.96. The molecule has 0 amide bonds. The Morgan fingerprint density at radius 2 is 2.11 bits per heavy atom. The molecule has 0 aromatic carbocycles.